The van der Waals surface area contributed by atoms with Gasteiger partial charge < -0.3 is 10.2 Å². The van der Waals surface area contributed by atoms with E-state index in [0.29, 0.717) is 26.0 Å². The van der Waals surface area contributed by atoms with E-state index in [9.17, 15) is 4.79 Å². The highest BCUT2D eigenvalue weighted by Crippen LogP contribution is 2.46. The number of aliphatic imine (C=N–C) groups is 1. The van der Waals surface area contributed by atoms with Crippen molar-refractivity contribution in [1.82, 2.24) is 5.32 Å². The van der Waals surface area contributed by atoms with Crippen LogP contribution in [0.15, 0.2) is 40.2 Å². The van der Waals surface area contributed by atoms with Gasteiger partial charge in [-0.2, -0.15) is 0 Å². The first kappa shape index (κ1) is 24.2. The summed E-state index contributed by atoms with van der Waals surface area (Å²) in [5, 5.41) is 4.69. The summed E-state index contributed by atoms with van der Waals surface area (Å²) in [6.07, 6.45) is 4.01. The van der Waals surface area contributed by atoms with Gasteiger partial charge in [-0.1, -0.05) is 43.1 Å². The molecule has 1 unspecified atom stereocenters. The van der Waals surface area contributed by atoms with Gasteiger partial charge in [0.05, 0.1) is 10.6 Å². The van der Waals surface area contributed by atoms with Gasteiger partial charge >= 0.3 is 0 Å². The maximum atomic E-state index is 12.7. The number of anilines is 1. The number of rotatable bonds is 4. The standard InChI is InChI=1S/C26H29Cl2N3OS/c1-6-10-31-22-13-20(28)17(11-18(22)15(2)14-26(31,4)5)12-23-24(32)30-25(33-23)29-21-9-7-8-19(27)16(21)3/h7-9,11-13,15H,6,10,14H2,1-5H3,(H,29,30,32)/b23-12+. The van der Waals surface area contributed by atoms with Crippen molar-refractivity contribution in [3.05, 3.63) is 62.0 Å². The number of hydrogen-bond donors (Lipinski definition) is 1. The van der Waals surface area contributed by atoms with E-state index < -0.39 is 0 Å². The summed E-state index contributed by atoms with van der Waals surface area (Å²) in [6, 6.07) is 9.78. The van der Waals surface area contributed by atoms with Crippen molar-refractivity contribution in [2.45, 2.75) is 58.9 Å². The molecule has 0 bridgehead atoms. The lowest BCUT2D eigenvalue weighted by atomic mass is 9.79. The second kappa shape index (κ2) is 9.36. The Labute approximate surface area is 210 Å². The fourth-order valence-corrected chi connectivity index (χ4v) is 5.93. The van der Waals surface area contributed by atoms with E-state index in [1.165, 1.54) is 23.0 Å². The van der Waals surface area contributed by atoms with Gasteiger partial charge in [-0.3, -0.25) is 4.79 Å². The minimum Gasteiger partial charge on any atom is -0.366 e. The fourth-order valence-electron chi connectivity index (χ4n) is 4.73. The molecule has 2 aliphatic rings. The van der Waals surface area contributed by atoms with Crippen LogP contribution in [-0.4, -0.2) is 23.2 Å². The highest BCUT2D eigenvalue weighted by Gasteiger charge is 2.36. The quantitative estimate of drug-likeness (QED) is 0.436. The molecule has 2 heterocycles. The SMILES string of the molecule is CCCN1c2cc(Cl)c(/C=C3/SC(=Nc4cccc(Cl)c4C)NC3=O)cc2C(C)CC1(C)C. The predicted molar refractivity (Wildman–Crippen MR) is 143 cm³/mol. The lowest BCUT2D eigenvalue weighted by Crippen LogP contribution is -2.48. The lowest BCUT2D eigenvalue weighted by molar-refractivity contribution is -0.115. The van der Waals surface area contributed by atoms with Gasteiger partial charge in [-0.15, -0.1) is 0 Å². The molecule has 0 aromatic heterocycles. The molecule has 0 spiro atoms. The molecular formula is C26H29Cl2N3OS. The molecule has 0 aliphatic carbocycles. The second-order valence-corrected chi connectivity index (χ2v) is 11.2. The molecule has 1 N–H and O–H groups in total. The Hall–Kier alpha value is -1.95. The van der Waals surface area contributed by atoms with Gasteiger partial charge in [0.1, 0.15) is 0 Å². The number of halogens is 2. The number of benzene rings is 2. The predicted octanol–water partition coefficient (Wildman–Crippen LogP) is 7.70. The lowest BCUT2D eigenvalue weighted by Gasteiger charge is -2.47. The second-order valence-electron chi connectivity index (χ2n) is 9.37. The van der Waals surface area contributed by atoms with Crippen LogP contribution in [-0.2, 0) is 4.79 Å². The monoisotopic (exact) mass is 501 g/mol. The molecule has 1 fully saturated rings. The number of amides is 1. The van der Waals surface area contributed by atoms with Crippen LogP contribution in [0.2, 0.25) is 10.0 Å². The molecular weight excluding hydrogens is 473 g/mol. The summed E-state index contributed by atoms with van der Waals surface area (Å²) in [4.78, 5) is 20.3. The Bertz CT molecular complexity index is 1170. The first-order chi connectivity index (χ1) is 15.6. The van der Waals surface area contributed by atoms with Crippen LogP contribution in [0.1, 0.15) is 63.1 Å². The maximum Gasteiger partial charge on any atom is 0.264 e. The molecule has 1 amide bonds. The van der Waals surface area contributed by atoms with E-state index in [-0.39, 0.29) is 11.4 Å². The van der Waals surface area contributed by atoms with Crippen LogP contribution in [0, 0.1) is 6.92 Å². The Morgan fingerprint density at radius 2 is 2.03 bits per heavy atom. The maximum absolute atomic E-state index is 12.7. The van der Waals surface area contributed by atoms with Crippen molar-refractivity contribution < 1.29 is 4.79 Å². The van der Waals surface area contributed by atoms with E-state index in [4.69, 9.17) is 23.2 Å². The minimum atomic E-state index is -0.172. The van der Waals surface area contributed by atoms with E-state index in [1.807, 2.05) is 31.2 Å². The van der Waals surface area contributed by atoms with Gasteiger partial charge in [0.15, 0.2) is 5.17 Å². The molecule has 2 aliphatic heterocycles. The molecule has 33 heavy (non-hydrogen) atoms. The summed E-state index contributed by atoms with van der Waals surface area (Å²) in [5.41, 5.74) is 5.05. The zero-order valence-corrected chi connectivity index (χ0v) is 22.0. The normalized spacial score (nSPS) is 22.1. The van der Waals surface area contributed by atoms with Gasteiger partial charge in [0, 0.05) is 27.8 Å². The van der Waals surface area contributed by atoms with Crippen LogP contribution in [0.4, 0.5) is 11.4 Å². The third-order valence-corrected chi connectivity index (χ3v) is 8.00. The highest BCUT2D eigenvalue weighted by molar-refractivity contribution is 8.18. The molecule has 4 nitrogen and oxygen atoms in total. The highest BCUT2D eigenvalue weighted by atomic mass is 35.5. The number of carbonyl (C=O) groups is 1. The average Bonchev–Trinajstić information content (AvgIpc) is 3.08. The number of hydrogen-bond acceptors (Lipinski definition) is 4. The summed E-state index contributed by atoms with van der Waals surface area (Å²) in [6.45, 7) is 12.0. The van der Waals surface area contributed by atoms with Crippen molar-refractivity contribution >= 4 is 63.5 Å². The van der Waals surface area contributed by atoms with Crippen molar-refractivity contribution in [1.29, 1.82) is 0 Å². The van der Waals surface area contributed by atoms with Gasteiger partial charge in [0.2, 0.25) is 0 Å². The Balaban J connectivity index is 1.67. The topological polar surface area (TPSA) is 44.7 Å². The number of amidine groups is 1. The number of fused-ring (bicyclic) bond motifs is 1. The number of thioether (sulfide) groups is 1. The zero-order chi connectivity index (χ0) is 23.9. The van der Waals surface area contributed by atoms with E-state index in [2.05, 4.69) is 55.0 Å². The average molecular weight is 503 g/mol. The smallest absolute Gasteiger partial charge is 0.264 e. The van der Waals surface area contributed by atoms with Gasteiger partial charge in [-0.25, -0.2) is 4.99 Å². The summed E-state index contributed by atoms with van der Waals surface area (Å²) >= 11 is 14.3. The van der Waals surface area contributed by atoms with Crippen molar-refractivity contribution in [2.75, 3.05) is 11.4 Å². The molecule has 1 saturated heterocycles. The zero-order valence-electron chi connectivity index (χ0n) is 19.6. The number of carbonyl (C=O) groups excluding carboxylic acids is 1. The fraction of sp³-hybridized carbons (Fsp3) is 0.385. The summed E-state index contributed by atoms with van der Waals surface area (Å²) in [5.74, 6) is 0.236. The Morgan fingerprint density at radius 1 is 1.27 bits per heavy atom. The van der Waals surface area contributed by atoms with Crippen LogP contribution in [0.3, 0.4) is 0 Å². The van der Waals surface area contributed by atoms with E-state index >= 15 is 0 Å². The van der Waals surface area contributed by atoms with Crippen LogP contribution in [0.25, 0.3) is 6.08 Å². The molecule has 2 aromatic rings. The molecule has 7 heteroatoms. The molecule has 174 valence electrons. The minimum absolute atomic E-state index is 0.0801. The van der Waals surface area contributed by atoms with Crippen molar-refractivity contribution in [2.24, 2.45) is 4.99 Å². The third kappa shape index (κ3) is 4.82. The van der Waals surface area contributed by atoms with E-state index in [0.717, 1.165) is 36.2 Å². The Morgan fingerprint density at radius 3 is 2.76 bits per heavy atom. The van der Waals surface area contributed by atoms with Crippen LogP contribution in [0.5, 0.6) is 0 Å². The van der Waals surface area contributed by atoms with Crippen LogP contribution >= 0.6 is 35.0 Å². The summed E-state index contributed by atoms with van der Waals surface area (Å²) in [7, 11) is 0. The largest absolute Gasteiger partial charge is 0.366 e. The van der Waals surface area contributed by atoms with Gasteiger partial charge in [0.25, 0.3) is 5.91 Å². The molecule has 0 saturated carbocycles. The molecule has 4 rings (SSSR count). The third-order valence-electron chi connectivity index (χ3n) is 6.35. The van der Waals surface area contributed by atoms with Crippen molar-refractivity contribution in [3.63, 3.8) is 0 Å². The number of nitrogens with zero attached hydrogens (tertiary/aromatic N) is 2. The molecule has 1 atom stereocenters. The van der Waals surface area contributed by atoms with Crippen LogP contribution < -0.4 is 10.2 Å². The first-order valence-corrected chi connectivity index (χ1v) is 12.8. The molecule has 0 radical (unpaired) electrons. The molecule has 2 aromatic carbocycles. The van der Waals surface area contributed by atoms with Crippen molar-refractivity contribution in [3.8, 4) is 0 Å². The van der Waals surface area contributed by atoms with Gasteiger partial charge in [-0.05, 0) is 98.3 Å². The number of nitrogens with one attached hydrogen (secondary N) is 1. The first-order valence-electron chi connectivity index (χ1n) is 11.3. The summed E-state index contributed by atoms with van der Waals surface area (Å²) < 4.78 is 0. The van der Waals surface area contributed by atoms with E-state index in [1.54, 1.807) is 0 Å². The Kier molecular flexibility index (Phi) is 6.86.